The first-order valence-corrected chi connectivity index (χ1v) is 6.35. The van der Waals surface area contributed by atoms with Crippen LogP contribution in [0.3, 0.4) is 0 Å². The fraction of sp³-hybridized carbons (Fsp3) is 0.571. The molecule has 2 rings (SSSR count). The van der Waals surface area contributed by atoms with E-state index in [1.165, 1.54) is 0 Å². The summed E-state index contributed by atoms with van der Waals surface area (Å²) in [5.74, 6) is 0.436. The smallest absolute Gasteiger partial charge is 0.126 e. The van der Waals surface area contributed by atoms with Crippen LogP contribution in [0, 0.1) is 11.7 Å². The van der Waals surface area contributed by atoms with Crippen LogP contribution in [0.4, 0.5) is 4.39 Å². The molecule has 0 aliphatic heterocycles. The average molecular weight is 237 g/mol. The second-order valence-corrected chi connectivity index (χ2v) is 4.83. The summed E-state index contributed by atoms with van der Waals surface area (Å²) in [5, 5.41) is 12.2. The van der Waals surface area contributed by atoms with E-state index in [0.717, 1.165) is 36.9 Å². The summed E-state index contributed by atoms with van der Waals surface area (Å²) in [6.45, 7) is 3.18. The lowest BCUT2D eigenvalue weighted by Gasteiger charge is -2.32. The molecule has 0 fully saturated rings. The zero-order valence-corrected chi connectivity index (χ0v) is 10.2. The minimum atomic E-state index is -0.0802. The minimum absolute atomic E-state index is 0.0802. The van der Waals surface area contributed by atoms with Gasteiger partial charge in [0.2, 0.25) is 0 Å². The molecule has 94 valence electrons. The number of hydrogen-bond donors (Lipinski definition) is 2. The molecule has 3 heteroatoms. The molecule has 2 atom stereocenters. The Labute approximate surface area is 102 Å². The van der Waals surface area contributed by atoms with Crippen LogP contribution < -0.4 is 5.32 Å². The van der Waals surface area contributed by atoms with Gasteiger partial charge in [-0.25, -0.2) is 4.39 Å². The quantitative estimate of drug-likeness (QED) is 0.788. The van der Waals surface area contributed by atoms with Crippen LogP contribution in [0.2, 0.25) is 0 Å². The third-order valence-electron chi connectivity index (χ3n) is 3.61. The predicted octanol–water partition coefficient (Wildman–Crippen LogP) is 2.42. The van der Waals surface area contributed by atoms with Gasteiger partial charge in [0, 0.05) is 12.6 Å². The van der Waals surface area contributed by atoms with Gasteiger partial charge in [-0.15, -0.1) is 0 Å². The van der Waals surface area contributed by atoms with Crippen LogP contribution in [0.15, 0.2) is 18.2 Å². The van der Waals surface area contributed by atoms with Gasteiger partial charge in [-0.05, 0) is 48.9 Å². The summed E-state index contributed by atoms with van der Waals surface area (Å²) in [5.41, 5.74) is 1.97. The maximum atomic E-state index is 13.7. The monoisotopic (exact) mass is 237 g/mol. The van der Waals surface area contributed by atoms with Crippen LogP contribution in [0.1, 0.15) is 36.9 Å². The van der Waals surface area contributed by atoms with Gasteiger partial charge >= 0.3 is 0 Å². The molecule has 0 spiro atoms. The Morgan fingerprint density at radius 3 is 3.06 bits per heavy atom. The Kier molecular flexibility index (Phi) is 4.13. The van der Waals surface area contributed by atoms with Crippen molar-refractivity contribution >= 4 is 0 Å². The van der Waals surface area contributed by atoms with Gasteiger partial charge in [-0.1, -0.05) is 19.1 Å². The maximum Gasteiger partial charge on any atom is 0.126 e. The zero-order valence-electron chi connectivity index (χ0n) is 10.2. The third-order valence-corrected chi connectivity index (χ3v) is 3.61. The number of aliphatic hydroxyl groups is 1. The van der Waals surface area contributed by atoms with E-state index in [1.807, 2.05) is 6.07 Å². The highest BCUT2D eigenvalue weighted by molar-refractivity contribution is 5.34. The topological polar surface area (TPSA) is 32.3 Å². The summed E-state index contributed by atoms with van der Waals surface area (Å²) in [6.07, 6.45) is 2.60. The molecule has 1 aliphatic rings. The summed E-state index contributed by atoms with van der Waals surface area (Å²) >= 11 is 0. The van der Waals surface area contributed by atoms with Gasteiger partial charge in [0.25, 0.3) is 0 Å². The highest BCUT2D eigenvalue weighted by Gasteiger charge is 2.27. The predicted molar refractivity (Wildman–Crippen MR) is 66.3 cm³/mol. The molecular weight excluding hydrogens is 217 g/mol. The van der Waals surface area contributed by atoms with Gasteiger partial charge < -0.3 is 10.4 Å². The molecule has 1 aromatic carbocycles. The first kappa shape index (κ1) is 12.5. The number of rotatable bonds is 4. The Hall–Kier alpha value is -0.930. The third kappa shape index (κ3) is 2.67. The molecule has 1 aromatic rings. The summed E-state index contributed by atoms with van der Waals surface area (Å²) in [4.78, 5) is 0. The number of nitrogens with one attached hydrogen (secondary N) is 1. The van der Waals surface area contributed by atoms with Crippen LogP contribution in [-0.2, 0) is 6.42 Å². The fourth-order valence-electron chi connectivity index (χ4n) is 2.62. The molecular formula is C14H20FNO. The van der Waals surface area contributed by atoms with E-state index in [0.29, 0.717) is 5.92 Å². The van der Waals surface area contributed by atoms with Gasteiger partial charge in [0.15, 0.2) is 0 Å². The molecule has 0 saturated heterocycles. The number of aliphatic hydroxyl groups excluding tert-OH is 1. The van der Waals surface area contributed by atoms with Gasteiger partial charge in [0.05, 0.1) is 0 Å². The molecule has 0 amide bonds. The standard InChI is InChI=1S/C14H20FNO/c1-10-6-7-11-12(4-2-5-13(11)15)14(10)16-8-3-9-17/h2,4-5,10,14,16-17H,3,6-9H2,1H3. The Morgan fingerprint density at radius 1 is 1.47 bits per heavy atom. The molecule has 0 heterocycles. The maximum absolute atomic E-state index is 13.7. The van der Waals surface area contributed by atoms with E-state index in [-0.39, 0.29) is 18.5 Å². The summed E-state index contributed by atoms with van der Waals surface area (Å²) < 4.78 is 13.7. The van der Waals surface area contributed by atoms with Crippen molar-refractivity contribution in [2.24, 2.45) is 5.92 Å². The first-order valence-electron chi connectivity index (χ1n) is 6.35. The lowest BCUT2D eigenvalue weighted by atomic mass is 9.80. The highest BCUT2D eigenvalue weighted by atomic mass is 19.1. The number of fused-ring (bicyclic) bond motifs is 1. The van der Waals surface area contributed by atoms with Crippen LogP contribution in [0.25, 0.3) is 0 Å². The molecule has 2 N–H and O–H groups in total. The van der Waals surface area contributed by atoms with E-state index in [4.69, 9.17) is 5.11 Å². The number of hydrogen-bond acceptors (Lipinski definition) is 2. The van der Waals surface area contributed by atoms with Gasteiger partial charge in [0.1, 0.15) is 5.82 Å². The van der Waals surface area contributed by atoms with Gasteiger partial charge in [-0.3, -0.25) is 0 Å². The molecule has 17 heavy (non-hydrogen) atoms. The van der Waals surface area contributed by atoms with Crippen molar-refractivity contribution in [2.45, 2.75) is 32.2 Å². The van der Waals surface area contributed by atoms with Crippen LogP contribution in [-0.4, -0.2) is 18.3 Å². The second-order valence-electron chi connectivity index (χ2n) is 4.83. The van der Waals surface area contributed by atoms with E-state index < -0.39 is 0 Å². The molecule has 2 unspecified atom stereocenters. The van der Waals surface area contributed by atoms with E-state index in [9.17, 15) is 4.39 Å². The van der Waals surface area contributed by atoms with Crippen molar-refractivity contribution in [2.75, 3.05) is 13.2 Å². The normalized spacial score (nSPS) is 23.5. The average Bonchev–Trinajstić information content (AvgIpc) is 2.32. The Bertz CT molecular complexity index is 380. The lowest BCUT2D eigenvalue weighted by molar-refractivity contribution is 0.272. The van der Waals surface area contributed by atoms with Crippen molar-refractivity contribution in [3.05, 3.63) is 35.1 Å². The Balaban J connectivity index is 2.18. The van der Waals surface area contributed by atoms with Crippen LogP contribution in [0.5, 0.6) is 0 Å². The van der Waals surface area contributed by atoms with Crippen molar-refractivity contribution in [3.63, 3.8) is 0 Å². The van der Waals surface area contributed by atoms with E-state index >= 15 is 0 Å². The van der Waals surface area contributed by atoms with Crippen LogP contribution >= 0.6 is 0 Å². The minimum Gasteiger partial charge on any atom is -0.396 e. The summed E-state index contributed by atoms with van der Waals surface area (Å²) in [6, 6.07) is 5.57. The molecule has 0 aromatic heterocycles. The SMILES string of the molecule is CC1CCc2c(F)cccc2C1NCCCO. The highest BCUT2D eigenvalue weighted by Crippen LogP contribution is 2.35. The Morgan fingerprint density at radius 2 is 2.29 bits per heavy atom. The first-order chi connectivity index (χ1) is 8.24. The largest absolute Gasteiger partial charge is 0.396 e. The second kappa shape index (κ2) is 5.61. The molecule has 0 radical (unpaired) electrons. The summed E-state index contributed by atoms with van der Waals surface area (Å²) in [7, 11) is 0. The van der Waals surface area contributed by atoms with Crippen molar-refractivity contribution in [1.82, 2.24) is 5.32 Å². The lowest BCUT2D eigenvalue weighted by Crippen LogP contribution is -2.32. The van der Waals surface area contributed by atoms with Crippen molar-refractivity contribution in [3.8, 4) is 0 Å². The van der Waals surface area contributed by atoms with E-state index in [1.54, 1.807) is 12.1 Å². The van der Waals surface area contributed by atoms with Crippen molar-refractivity contribution in [1.29, 1.82) is 0 Å². The van der Waals surface area contributed by atoms with Crippen molar-refractivity contribution < 1.29 is 9.50 Å². The molecule has 2 nitrogen and oxygen atoms in total. The molecule has 0 saturated carbocycles. The van der Waals surface area contributed by atoms with Gasteiger partial charge in [-0.2, -0.15) is 0 Å². The van der Waals surface area contributed by atoms with E-state index in [2.05, 4.69) is 12.2 Å². The molecule has 0 bridgehead atoms. The number of halogens is 1. The fourth-order valence-corrected chi connectivity index (χ4v) is 2.62. The molecule has 1 aliphatic carbocycles. The zero-order chi connectivity index (χ0) is 12.3. The number of benzene rings is 1.